The number of ether oxygens (including phenoxy) is 1. The summed E-state index contributed by atoms with van der Waals surface area (Å²) in [7, 11) is 0. The zero-order chi connectivity index (χ0) is 24.2. The molecule has 2 N–H and O–H groups in total. The Labute approximate surface area is 202 Å². The van der Waals surface area contributed by atoms with Crippen molar-refractivity contribution in [3.8, 4) is 22.8 Å². The number of aromatic hydroxyl groups is 1. The first-order valence-electron chi connectivity index (χ1n) is 11.3. The van der Waals surface area contributed by atoms with E-state index in [0.29, 0.717) is 28.9 Å². The van der Waals surface area contributed by atoms with Gasteiger partial charge in [-0.15, -0.1) is 0 Å². The lowest BCUT2D eigenvalue weighted by Crippen LogP contribution is -2.18. The Bertz CT molecular complexity index is 1560. The van der Waals surface area contributed by atoms with Crippen LogP contribution in [0.3, 0.4) is 0 Å². The standard InChI is InChI=1S/C29H23N3O3/c1-2-35-21-14-11-20(12-15-21)27-17-24(23-9-5-6-10-26(23)31-27)29(34)32-30-18-25-22-8-4-3-7-19(22)13-16-28(25)33/h3-18,33H,2H2,1H3,(H,32,34)/b30-18+. The molecule has 1 aromatic heterocycles. The summed E-state index contributed by atoms with van der Waals surface area (Å²) >= 11 is 0. The molecule has 0 aliphatic rings. The third-order valence-electron chi connectivity index (χ3n) is 5.73. The average Bonchev–Trinajstić information content (AvgIpc) is 2.90. The van der Waals surface area contributed by atoms with Gasteiger partial charge in [0.05, 0.1) is 29.6 Å². The number of amides is 1. The lowest BCUT2D eigenvalue weighted by atomic mass is 10.0. The maximum absolute atomic E-state index is 13.2. The molecule has 5 aromatic rings. The van der Waals surface area contributed by atoms with Gasteiger partial charge in [-0.25, -0.2) is 10.4 Å². The molecule has 6 heteroatoms. The number of hydrazone groups is 1. The van der Waals surface area contributed by atoms with Crippen LogP contribution in [-0.4, -0.2) is 28.8 Å². The van der Waals surface area contributed by atoms with Crippen molar-refractivity contribution in [1.29, 1.82) is 0 Å². The van der Waals surface area contributed by atoms with Crippen molar-refractivity contribution in [2.24, 2.45) is 5.10 Å². The SMILES string of the molecule is CCOc1ccc(-c2cc(C(=O)N/N=C/c3c(O)ccc4ccccc34)c3ccccc3n2)cc1. The minimum absolute atomic E-state index is 0.0915. The summed E-state index contributed by atoms with van der Waals surface area (Å²) in [5, 5.41) is 17.0. The minimum Gasteiger partial charge on any atom is -0.507 e. The van der Waals surface area contributed by atoms with Gasteiger partial charge in [0.25, 0.3) is 5.91 Å². The summed E-state index contributed by atoms with van der Waals surface area (Å²) in [6, 6.07) is 28.0. The van der Waals surface area contributed by atoms with E-state index in [4.69, 9.17) is 9.72 Å². The highest BCUT2D eigenvalue weighted by molar-refractivity contribution is 6.08. The Morgan fingerprint density at radius 2 is 1.71 bits per heavy atom. The summed E-state index contributed by atoms with van der Waals surface area (Å²) in [6.45, 7) is 2.53. The zero-order valence-electron chi connectivity index (χ0n) is 19.1. The van der Waals surface area contributed by atoms with E-state index in [1.165, 1.54) is 6.21 Å². The first-order chi connectivity index (χ1) is 17.1. The van der Waals surface area contributed by atoms with Gasteiger partial charge in [0.1, 0.15) is 11.5 Å². The number of benzene rings is 4. The number of rotatable bonds is 6. The fraction of sp³-hybridized carbons (Fsp3) is 0.0690. The first kappa shape index (κ1) is 22.1. The molecule has 0 saturated heterocycles. The van der Waals surface area contributed by atoms with Gasteiger partial charge < -0.3 is 9.84 Å². The molecular weight excluding hydrogens is 438 g/mol. The summed E-state index contributed by atoms with van der Waals surface area (Å²) < 4.78 is 5.53. The zero-order valence-corrected chi connectivity index (χ0v) is 19.1. The highest BCUT2D eigenvalue weighted by Gasteiger charge is 2.14. The lowest BCUT2D eigenvalue weighted by Gasteiger charge is -2.10. The van der Waals surface area contributed by atoms with Gasteiger partial charge in [0, 0.05) is 16.5 Å². The number of nitrogens with one attached hydrogen (secondary N) is 1. The van der Waals surface area contributed by atoms with E-state index in [-0.39, 0.29) is 11.7 Å². The van der Waals surface area contributed by atoms with Gasteiger partial charge in [-0.05, 0) is 60.2 Å². The average molecular weight is 462 g/mol. The van der Waals surface area contributed by atoms with Crippen molar-refractivity contribution < 1.29 is 14.6 Å². The molecular formula is C29H23N3O3. The third kappa shape index (κ3) is 4.54. The number of fused-ring (bicyclic) bond motifs is 2. The van der Waals surface area contributed by atoms with Crippen molar-refractivity contribution in [1.82, 2.24) is 10.4 Å². The van der Waals surface area contributed by atoms with Crippen LogP contribution in [0.4, 0.5) is 0 Å². The van der Waals surface area contributed by atoms with Crippen LogP contribution < -0.4 is 10.2 Å². The third-order valence-corrected chi connectivity index (χ3v) is 5.73. The summed E-state index contributed by atoms with van der Waals surface area (Å²) in [6.07, 6.45) is 1.46. The van der Waals surface area contributed by atoms with Crippen LogP contribution in [0.15, 0.2) is 96.1 Å². The van der Waals surface area contributed by atoms with E-state index >= 15 is 0 Å². The van der Waals surface area contributed by atoms with Crippen molar-refractivity contribution in [2.45, 2.75) is 6.92 Å². The van der Waals surface area contributed by atoms with Gasteiger partial charge in [-0.3, -0.25) is 4.79 Å². The van der Waals surface area contributed by atoms with Gasteiger partial charge in [0.2, 0.25) is 0 Å². The van der Waals surface area contributed by atoms with E-state index in [2.05, 4.69) is 10.5 Å². The minimum atomic E-state index is -0.369. The molecule has 0 atom stereocenters. The number of hydrogen-bond donors (Lipinski definition) is 2. The molecule has 1 amide bonds. The second kappa shape index (κ2) is 9.65. The normalized spacial score (nSPS) is 11.2. The van der Waals surface area contributed by atoms with Crippen molar-refractivity contribution in [3.63, 3.8) is 0 Å². The fourth-order valence-electron chi connectivity index (χ4n) is 4.04. The van der Waals surface area contributed by atoms with Crippen molar-refractivity contribution >= 4 is 33.8 Å². The Balaban J connectivity index is 1.47. The number of pyridine rings is 1. The van der Waals surface area contributed by atoms with Crippen molar-refractivity contribution in [3.05, 3.63) is 102 Å². The van der Waals surface area contributed by atoms with E-state index in [9.17, 15) is 9.90 Å². The number of nitrogens with zero attached hydrogens (tertiary/aromatic N) is 2. The number of carbonyl (C=O) groups is 1. The Morgan fingerprint density at radius 1 is 0.971 bits per heavy atom. The lowest BCUT2D eigenvalue weighted by molar-refractivity contribution is 0.0956. The monoisotopic (exact) mass is 461 g/mol. The summed E-state index contributed by atoms with van der Waals surface area (Å²) in [5.41, 5.74) is 5.86. The number of hydrogen-bond acceptors (Lipinski definition) is 5. The largest absolute Gasteiger partial charge is 0.507 e. The van der Waals surface area contributed by atoms with E-state index in [0.717, 1.165) is 27.5 Å². The summed E-state index contributed by atoms with van der Waals surface area (Å²) in [5.74, 6) is 0.502. The molecule has 0 aliphatic carbocycles. The molecule has 0 aliphatic heterocycles. The molecule has 5 rings (SSSR count). The molecule has 0 saturated carbocycles. The van der Waals surface area contributed by atoms with Crippen LogP contribution in [0.5, 0.6) is 11.5 Å². The Hall–Kier alpha value is -4.71. The topological polar surface area (TPSA) is 83.8 Å². The quantitative estimate of drug-likeness (QED) is 0.243. The van der Waals surface area contributed by atoms with E-state index < -0.39 is 0 Å². The van der Waals surface area contributed by atoms with Crippen LogP contribution in [0.25, 0.3) is 32.9 Å². The molecule has 0 spiro atoms. The second-order valence-corrected chi connectivity index (χ2v) is 7.95. The molecule has 0 fully saturated rings. The maximum Gasteiger partial charge on any atom is 0.272 e. The smallest absolute Gasteiger partial charge is 0.272 e. The highest BCUT2D eigenvalue weighted by atomic mass is 16.5. The molecule has 172 valence electrons. The molecule has 0 bridgehead atoms. The Kier molecular flexibility index (Phi) is 6.09. The van der Waals surface area contributed by atoms with Gasteiger partial charge >= 0.3 is 0 Å². The van der Waals surface area contributed by atoms with Crippen LogP contribution >= 0.6 is 0 Å². The highest BCUT2D eigenvalue weighted by Crippen LogP contribution is 2.27. The van der Waals surface area contributed by atoms with Crippen LogP contribution in [0.1, 0.15) is 22.8 Å². The number of phenolic OH excluding ortho intramolecular Hbond substituents is 1. The molecule has 1 heterocycles. The number of aromatic nitrogens is 1. The number of carbonyl (C=O) groups excluding carboxylic acids is 1. The molecule has 35 heavy (non-hydrogen) atoms. The summed E-state index contributed by atoms with van der Waals surface area (Å²) in [4.78, 5) is 17.9. The molecule has 0 unspecified atom stereocenters. The molecule has 6 nitrogen and oxygen atoms in total. The molecule has 0 radical (unpaired) electrons. The number of para-hydroxylation sites is 1. The van der Waals surface area contributed by atoms with Gasteiger partial charge in [-0.1, -0.05) is 48.5 Å². The fourth-order valence-corrected chi connectivity index (χ4v) is 4.04. The van der Waals surface area contributed by atoms with E-state index in [1.54, 1.807) is 12.1 Å². The van der Waals surface area contributed by atoms with Gasteiger partial charge in [-0.2, -0.15) is 5.10 Å². The number of phenols is 1. The first-order valence-corrected chi connectivity index (χ1v) is 11.3. The maximum atomic E-state index is 13.2. The van der Waals surface area contributed by atoms with Gasteiger partial charge in [0.15, 0.2) is 0 Å². The molecule has 4 aromatic carbocycles. The predicted molar refractivity (Wildman–Crippen MR) is 139 cm³/mol. The predicted octanol–water partition coefficient (Wildman–Crippen LogP) is 5.92. The second-order valence-electron chi connectivity index (χ2n) is 7.95. The van der Waals surface area contributed by atoms with Crippen LogP contribution in [0, 0.1) is 0 Å². The van der Waals surface area contributed by atoms with E-state index in [1.807, 2.05) is 85.8 Å². The van der Waals surface area contributed by atoms with Crippen molar-refractivity contribution in [2.75, 3.05) is 6.61 Å². The van der Waals surface area contributed by atoms with Crippen LogP contribution in [0.2, 0.25) is 0 Å². The Morgan fingerprint density at radius 3 is 2.51 bits per heavy atom. The van der Waals surface area contributed by atoms with Crippen LogP contribution in [-0.2, 0) is 0 Å².